The van der Waals surface area contributed by atoms with Gasteiger partial charge in [-0.1, -0.05) is 54.9 Å². The number of halogens is 2. The van der Waals surface area contributed by atoms with Crippen LogP contribution in [0.5, 0.6) is 0 Å². The Morgan fingerprint density at radius 2 is 1.90 bits per heavy atom. The van der Waals surface area contributed by atoms with Crippen molar-refractivity contribution in [3.63, 3.8) is 0 Å². The molecule has 0 bridgehead atoms. The van der Waals surface area contributed by atoms with E-state index in [1.165, 1.54) is 12.1 Å². The Morgan fingerprint density at radius 1 is 1.20 bits per heavy atom. The van der Waals surface area contributed by atoms with Crippen LogP contribution in [-0.2, 0) is 11.2 Å². The molecule has 1 nitrogen and oxygen atoms in total. The molecule has 1 unspecified atom stereocenters. The molecule has 0 spiro atoms. The minimum Gasteiger partial charge on any atom is -0.299 e. The molecule has 0 aromatic heterocycles. The van der Waals surface area contributed by atoms with Crippen LogP contribution in [-0.4, -0.2) is 5.78 Å². The molecule has 0 fully saturated rings. The summed E-state index contributed by atoms with van der Waals surface area (Å²) in [5, 5.41) is 0.0799. The van der Waals surface area contributed by atoms with Crippen LogP contribution in [0.2, 0.25) is 5.02 Å². The molecule has 0 N–H and O–H groups in total. The topological polar surface area (TPSA) is 17.1 Å². The van der Waals surface area contributed by atoms with Crippen molar-refractivity contribution in [1.29, 1.82) is 0 Å². The fraction of sp³-hybridized carbons (Fsp3) is 0.235. The van der Waals surface area contributed by atoms with E-state index in [2.05, 4.69) is 0 Å². The van der Waals surface area contributed by atoms with Crippen molar-refractivity contribution in [2.45, 2.75) is 25.7 Å². The van der Waals surface area contributed by atoms with E-state index in [0.717, 1.165) is 12.0 Å². The zero-order valence-corrected chi connectivity index (χ0v) is 12.0. The third-order valence-corrected chi connectivity index (χ3v) is 3.67. The summed E-state index contributed by atoms with van der Waals surface area (Å²) in [4.78, 5) is 12.4. The van der Waals surface area contributed by atoms with Crippen LogP contribution in [0.3, 0.4) is 0 Å². The van der Waals surface area contributed by atoms with Crippen molar-refractivity contribution < 1.29 is 9.18 Å². The molecule has 20 heavy (non-hydrogen) atoms. The monoisotopic (exact) mass is 290 g/mol. The summed E-state index contributed by atoms with van der Waals surface area (Å²) >= 11 is 5.64. The zero-order valence-electron chi connectivity index (χ0n) is 11.3. The second-order valence-corrected chi connectivity index (χ2v) is 5.17. The van der Waals surface area contributed by atoms with Gasteiger partial charge in [-0.25, -0.2) is 4.39 Å². The number of carbonyl (C=O) groups is 1. The fourth-order valence-electron chi connectivity index (χ4n) is 2.31. The van der Waals surface area contributed by atoms with Gasteiger partial charge in [-0.05, 0) is 29.7 Å². The van der Waals surface area contributed by atoms with E-state index >= 15 is 0 Å². The maximum absolute atomic E-state index is 13.4. The van der Waals surface area contributed by atoms with Crippen LogP contribution in [0, 0.1) is 5.82 Å². The number of Topliss-reactive ketones (excluding diaryl/α,β-unsaturated/α-hetero) is 1. The molecule has 0 aliphatic heterocycles. The van der Waals surface area contributed by atoms with Crippen molar-refractivity contribution >= 4 is 17.4 Å². The summed E-state index contributed by atoms with van der Waals surface area (Å²) in [5.41, 5.74) is 1.67. The van der Waals surface area contributed by atoms with Gasteiger partial charge in [0.2, 0.25) is 0 Å². The lowest BCUT2D eigenvalue weighted by atomic mass is 9.89. The van der Waals surface area contributed by atoms with Gasteiger partial charge in [0.25, 0.3) is 0 Å². The van der Waals surface area contributed by atoms with Gasteiger partial charge in [-0.15, -0.1) is 0 Å². The highest BCUT2D eigenvalue weighted by molar-refractivity contribution is 6.30. The predicted octanol–water partition coefficient (Wildman–Crippen LogP) is 4.78. The van der Waals surface area contributed by atoms with Crippen molar-refractivity contribution in [3.05, 3.63) is 70.5 Å². The number of ketones is 1. The second kappa shape index (κ2) is 6.67. The first-order valence-electron chi connectivity index (χ1n) is 6.63. The van der Waals surface area contributed by atoms with Gasteiger partial charge in [-0.3, -0.25) is 4.79 Å². The van der Waals surface area contributed by atoms with Crippen LogP contribution in [0.1, 0.15) is 30.4 Å². The van der Waals surface area contributed by atoms with E-state index in [9.17, 15) is 9.18 Å². The molecule has 2 aromatic carbocycles. The van der Waals surface area contributed by atoms with Crippen LogP contribution in [0.15, 0.2) is 48.5 Å². The summed E-state index contributed by atoms with van der Waals surface area (Å²) in [6.07, 6.45) is 0.959. The number of benzene rings is 2. The molecular weight excluding hydrogens is 275 g/mol. The van der Waals surface area contributed by atoms with Crippen molar-refractivity contribution in [3.8, 4) is 0 Å². The molecule has 3 heteroatoms. The number of hydrogen-bond acceptors (Lipinski definition) is 1. The Hall–Kier alpha value is -1.67. The van der Waals surface area contributed by atoms with Crippen molar-refractivity contribution in [1.82, 2.24) is 0 Å². The third kappa shape index (κ3) is 3.45. The third-order valence-electron chi connectivity index (χ3n) is 3.36. The van der Waals surface area contributed by atoms with Gasteiger partial charge in [0, 0.05) is 12.3 Å². The first-order valence-corrected chi connectivity index (χ1v) is 7.01. The van der Waals surface area contributed by atoms with Gasteiger partial charge in [0.15, 0.2) is 0 Å². The summed E-state index contributed by atoms with van der Waals surface area (Å²) in [6, 6.07) is 14.2. The van der Waals surface area contributed by atoms with E-state index < -0.39 is 5.82 Å². The van der Waals surface area contributed by atoms with Crippen LogP contribution >= 0.6 is 11.6 Å². The first-order chi connectivity index (χ1) is 9.61. The van der Waals surface area contributed by atoms with E-state index in [1.807, 2.05) is 37.3 Å². The lowest BCUT2D eigenvalue weighted by Gasteiger charge is -2.14. The smallest absolute Gasteiger partial charge is 0.144 e. The summed E-state index contributed by atoms with van der Waals surface area (Å²) < 4.78 is 13.4. The Labute approximate surface area is 123 Å². The Kier molecular flexibility index (Phi) is 4.91. The highest BCUT2D eigenvalue weighted by Gasteiger charge is 2.18. The minimum atomic E-state index is -0.482. The molecule has 0 radical (unpaired) electrons. The second-order valence-electron chi connectivity index (χ2n) is 4.76. The number of carbonyl (C=O) groups excluding carboxylic acids is 1. The summed E-state index contributed by atoms with van der Waals surface area (Å²) in [5.74, 6) is -0.528. The summed E-state index contributed by atoms with van der Waals surface area (Å²) in [6.45, 7) is 1.98. The molecule has 0 amide bonds. The zero-order chi connectivity index (χ0) is 14.5. The average molecular weight is 291 g/mol. The SMILES string of the molecule is CCC(C(=O)Cc1ccc(Cl)c(F)c1)c1ccccc1. The molecule has 2 rings (SSSR count). The van der Waals surface area contributed by atoms with Gasteiger partial charge < -0.3 is 0 Å². The molecule has 1 atom stereocenters. The highest BCUT2D eigenvalue weighted by Crippen LogP contribution is 2.23. The molecule has 0 aliphatic rings. The number of rotatable bonds is 5. The molecule has 0 aliphatic carbocycles. The maximum atomic E-state index is 13.4. The lowest BCUT2D eigenvalue weighted by Crippen LogP contribution is -2.14. The fourth-order valence-corrected chi connectivity index (χ4v) is 2.43. The molecule has 2 aromatic rings. The first kappa shape index (κ1) is 14.7. The van der Waals surface area contributed by atoms with Crippen LogP contribution in [0.4, 0.5) is 4.39 Å². The van der Waals surface area contributed by atoms with E-state index in [1.54, 1.807) is 6.07 Å². The van der Waals surface area contributed by atoms with Crippen molar-refractivity contribution in [2.75, 3.05) is 0 Å². The standard InChI is InChI=1S/C17H16ClFO/c1-2-14(13-6-4-3-5-7-13)17(20)11-12-8-9-15(18)16(19)10-12/h3-10,14H,2,11H2,1H3. The van der Waals surface area contributed by atoms with E-state index in [-0.39, 0.29) is 23.1 Å². The quantitative estimate of drug-likeness (QED) is 0.774. The van der Waals surface area contributed by atoms with Gasteiger partial charge in [0.05, 0.1) is 5.02 Å². The predicted molar refractivity (Wildman–Crippen MR) is 79.6 cm³/mol. The van der Waals surface area contributed by atoms with Gasteiger partial charge in [0.1, 0.15) is 11.6 Å². The normalized spacial score (nSPS) is 12.2. The largest absolute Gasteiger partial charge is 0.299 e. The summed E-state index contributed by atoms with van der Waals surface area (Å²) in [7, 11) is 0. The Morgan fingerprint density at radius 3 is 2.50 bits per heavy atom. The number of hydrogen-bond donors (Lipinski definition) is 0. The van der Waals surface area contributed by atoms with E-state index in [4.69, 9.17) is 11.6 Å². The molecule has 0 heterocycles. The Bertz CT molecular complexity index is 595. The molecular formula is C17H16ClFO. The lowest BCUT2D eigenvalue weighted by molar-refractivity contribution is -0.119. The highest BCUT2D eigenvalue weighted by atomic mass is 35.5. The molecule has 0 saturated heterocycles. The minimum absolute atomic E-state index is 0.0799. The maximum Gasteiger partial charge on any atom is 0.144 e. The van der Waals surface area contributed by atoms with Crippen molar-refractivity contribution in [2.24, 2.45) is 0 Å². The van der Waals surface area contributed by atoms with Crippen LogP contribution in [0.25, 0.3) is 0 Å². The average Bonchev–Trinajstić information content (AvgIpc) is 2.45. The molecule has 104 valence electrons. The van der Waals surface area contributed by atoms with Gasteiger partial charge >= 0.3 is 0 Å². The van der Waals surface area contributed by atoms with E-state index in [0.29, 0.717) is 5.56 Å². The van der Waals surface area contributed by atoms with Gasteiger partial charge in [-0.2, -0.15) is 0 Å². The van der Waals surface area contributed by atoms with Crippen LogP contribution < -0.4 is 0 Å². The molecule has 0 saturated carbocycles. The Balaban J connectivity index is 2.15.